The Bertz CT molecular complexity index is 417. The van der Waals surface area contributed by atoms with Crippen molar-refractivity contribution in [2.75, 3.05) is 26.7 Å². The van der Waals surface area contributed by atoms with Gasteiger partial charge in [-0.25, -0.2) is 0 Å². The summed E-state index contributed by atoms with van der Waals surface area (Å²) in [6.07, 6.45) is 4.16. The van der Waals surface area contributed by atoms with Crippen LogP contribution in [0, 0.1) is 5.92 Å². The first-order valence-corrected chi connectivity index (χ1v) is 6.13. The number of hydrogen-bond acceptors (Lipinski definition) is 3. The SMILES string of the molecule is CNCC1CCN(C(=O)c2ccncc2Cl)C1.Cl.Cl. The molecule has 19 heavy (non-hydrogen) atoms. The molecule has 1 aliphatic rings. The van der Waals surface area contributed by atoms with Gasteiger partial charge in [-0.1, -0.05) is 11.6 Å². The van der Waals surface area contributed by atoms with Crippen LogP contribution in [0.4, 0.5) is 0 Å². The lowest BCUT2D eigenvalue weighted by atomic mass is 10.1. The standard InChI is InChI=1S/C12H16ClN3O.2ClH/c1-14-6-9-3-5-16(8-9)12(17)10-2-4-15-7-11(10)13;;/h2,4,7,9,14H,3,5-6,8H2,1H3;2*1H. The minimum Gasteiger partial charge on any atom is -0.338 e. The molecule has 1 saturated heterocycles. The van der Waals surface area contributed by atoms with E-state index in [-0.39, 0.29) is 30.7 Å². The Morgan fingerprint density at radius 1 is 1.58 bits per heavy atom. The predicted molar refractivity (Wildman–Crippen MR) is 81.7 cm³/mol. The van der Waals surface area contributed by atoms with E-state index in [0.717, 1.165) is 26.1 Å². The highest BCUT2D eigenvalue weighted by molar-refractivity contribution is 6.33. The van der Waals surface area contributed by atoms with Gasteiger partial charge in [-0.15, -0.1) is 24.8 Å². The van der Waals surface area contributed by atoms with Gasteiger partial charge in [0.1, 0.15) is 0 Å². The van der Waals surface area contributed by atoms with Crippen LogP contribution in [-0.2, 0) is 0 Å². The van der Waals surface area contributed by atoms with Crippen LogP contribution in [-0.4, -0.2) is 42.5 Å². The molecule has 1 fully saturated rings. The van der Waals surface area contributed by atoms with Gasteiger partial charge < -0.3 is 10.2 Å². The van der Waals surface area contributed by atoms with E-state index in [9.17, 15) is 4.79 Å². The third kappa shape index (κ3) is 4.49. The maximum absolute atomic E-state index is 12.2. The van der Waals surface area contributed by atoms with E-state index in [4.69, 9.17) is 11.6 Å². The van der Waals surface area contributed by atoms with Gasteiger partial charge in [0.05, 0.1) is 10.6 Å². The Kier molecular flexibility index (Phi) is 8.34. The van der Waals surface area contributed by atoms with Gasteiger partial charge in [-0.3, -0.25) is 9.78 Å². The molecule has 0 radical (unpaired) electrons. The molecule has 0 aromatic carbocycles. The molecule has 0 saturated carbocycles. The van der Waals surface area contributed by atoms with Gasteiger partial charge in [0, 0.05) is 25.5 Å². The first-order chi connectivity index (χ1) is 8.22. The summed E-state index contributed by atoms with van der Waals surface area (Å²) in [6.45, 7) is 2.57. The number of rotatable bonds is 3. The van der Waals surface area contributed by atoms with Crippen molar-refractivity contribution in [3.8, 4) is 0 Å². The van der Waals surface area contributed by atoms with Crippen molar-refractivity contribution >= 4 is 42.3 Å². The highest BCUT2D eigenvalue weighted by Crippen LogP contribution is 2.21. The van der Waals surface area contributed by atoms with Crippen LogP contribution in [0.2, 0.25) is 5.02 Å². The summed E-state index contributed by atoms with van der Waals surface area (Å²) in [4.78, 5) is 18.0. The molecule has 1 N–H and O–H groups in total. The van der Waals surface area contributed by atoms with Crippen LogP contribution in [0.3, 0.4) is 0 Å². The number of carbonyl (C=O) groups excluding carboxylic acids is 1. The molecule has 1 amide bonds. The number of nitrogens with one attached hydrogen (secondary N) is 1. The molecule has 2 heterocycles. The topological polar surface area (TPSA) is 45.2 Å². The Morgan fingerprint density at radius 2 is 2.32 bits per heavy atom. The molecule has 1 aromatic heterocycles. The monoisotopic (exact) mass is 325 g/mol. The van der Waals surface area contributed by atoms with Crippen LogP contribution < -0.4 is 5.32 Å². The smallest absolute Gasteiger partial charge is 0.255 e. The number of nitrogens with zero attached hydrogens (tertiary/aromatic N) is 2. The molecular formula is C12H18Cl3N3O. The summed E-state index contributed by atoms with van der Waals surface area (Å²) in [5.74, 6) is 0.556. The Balaban J connectivity index is 0.00000162. The second-order valence-electron chi connectivity index (χ2n) is 4.32. The quantitative estimate of drug-likeness (QED) is 0.927. The number of amides is 1. The van der Waals surface area contributed by atoms with Crippen LogP contribution in [0.15, 0.2) is 18.5 Å². The zero-order chi connectivity index (χ0) is 12.3. The van der Waals surface area contributed by atoms with Crippen LogP contribution >= 0.6 is 36.4 Å². The highest BCUT2D eigenvalue weighted by Gasteiger charge is 2.27. The predicted octanol–water partition coefficient (Wildman–Crippen LogP) is 2.26. The van der Waals surface area contributed by atoms with Crippen LogP contribution in [0.25, 0.3) is 0 Å². The second-order valence-corrected chi connectivity index (χ2v) is 4.73. The zero-order valence-corrected chi connectivity index (χ0v) is 13.0. The number of halogens is 3. The lowest BCUT2D eigenvalue weighted by molar-refractivity contribution is 0.0787. The number of carbonyl (C=O) groups is 1. The molecule has 2 rings (SSSR count). The van der Waals surface area contributed by atoms with Gasteiger partial charge in [0.25, 0.3) is 5.91 Å². The average Bonchev–Trinajstić information content (AvgIpc) is 2.78. The molecule has 108 valence electrons. The summed E-state index contributed by atoms with van der Waals surface area (Å²) in [7, 11) is 1.93. The maximum Gasteiger partial charge on any atom is 0.255 e. The third-order valence-corrected chi connectivity index (χ3v) is 3.37. The van der Waals surface area contributed by atoms with E-state index < -0.39 is 0 Å². The first-order valence-electron chi connectivity index (χ1n) is 5.75. The molecule has 1 aliphatic heterocycles. The highest BCUT2D eigenvalue weighted by atomic mass is 35.5. The van der Waals surface area contributed by atoms with Gasteiger partial charge in [-0.05, 0) is 32.0 Å². The van der Waals surface area contributed by atoms with Crippen LogP contribution in [0.1, 0.15) is 16.8 Å². The molecule has 0 spiro atoms. The number of hydrogen-bond donors (Lipinski definition) is 1. The molecule has 0 aliphatic carbocycles. The van der Waals surface area contributed by atoms with Gasteiger partial charge in [0.15, 0.2) is 0 Å². The van der Waals surface area contributed by atoms with E-state index in [1.165, 1.54) is 6.20 Å². The van der Waals surface area contributed by atoms with Crippen LogP contribution in [0.5, 0.6) is 0 Å². The molecule has 1 aromatic rings. The van der Waals surface area contributed by atoms with Gasteiger partial charge in [0.2, 0.25) is 0 Å². The first kappa shape index (κ1) is 18.4. The van der Waals surface area contributed by atoms with Crippen molar-refractivity contribution in [1.29, 1.82) is 0 Å². The summed E-state index contributed by atoms with van der Waals surface area (Å²) >= 11 is 5.97. The molecular weight excluding hydrogens is 309 g/mol. The van der Waals surface area contributed by atoms with E-state index in [1.54, 1.807) is 12.3 Å². The van der Waals surface area contributed by atoms with Gasteiger partial charge in [-0.2, -0.15) is 0 Å². The largest absolute Gasteiger partial charge is 0.338 e. The summed E-state index contributed by atoms with van der Waals surface area (Å²) in [5.41, 5.74) is 0.548. The van der Waals surface area contributed by atoms with Crippen molar-refractivity contribution in [3.63, 3.8) is 0 Å². The third-order valence-electron chi connectivity index (χ3n) is 3.07. The normalized spacial score (nSPS) is 17.6. The van der Waals surface area contributed by atoms with E-state index >= 15 is 0 Å². The summed E-state index contributed by atoms with van der Waals surface area (Å²) in [5, 5.41) is 3.57. The fraction of sp³-hybridized carbons (Fsp3) is 0.500. The van der Waals surface area contributed by atoms with Crippen molar-refractivity contribution in [1.82, 2.24) is 15.2 Å². The molecule has 0 bridgehead atoms. The average molecular weight is 327 g/mol. The van der Waals surface area contributed by atoms with Crippen molar-refractivity contribution < 1.29 is 4.79 Å². The number of pyridine rings is 1. The lowest BCUT2D eigenvalue weighted by Gasteiger charge is -2.17. The van der Waals surface area contributed by atoms with Crippen molar-refractivity contribution in [2.45, 2.75) is 6.42 Å². The Morgan fingerprint density at radius 3 is 2.95 bits per heavy atom. The van der Waals surface area contributed by atoms with Crippen molar-refractivity contribution in [3.05, 3.63) is 29.0 Å². The van der Waals surface area contributed by atoms with Crippen molar-refractivity contribution in [2.24, 2.45) is 5.92 Å². The molecule has 1 atom stereocenters. The molecule has 1 unspecified atom stereocenters. The Labute approximate surface area is 130 Å². The fourth-order valence-electron chi connectivity index (χ4n) is 2.19. The number of aromatic nitrogens is 1. The van der Waals surface area contributed by atoms with E-state index in [1.807, 2.05) is 11.9 Å². The summed E-state index contributed by atoms with van der Waals surface area (Å²) in [6, 6.07) is 1.68. The minimum atomic E-state index is 0. The fourth-order valence-corrected chi connectivity index (χ4v) is 2.39. The second kappa shape index (κ2) is 8.59. The summed E-state index contributed by atoms with van der Waals surface area (Å²) < 4.78 is 0. The molecule has 7 heteroatoms. The molecule has 4 nitrogen and oxygen atoms in total. The maximum atomic E-state index is 12.2. The minimum absolute atomic E-state index is 0. The number of likely N-dealkylation sites (tertiary alicyclic amines) is 1. The van der Waals surface area contributed by atoms with E-state index in [0.29, 0.717) is 16.5 Å². The van der Waals surface area contributed by atoms with E-state index in [2.05, 4.69) is 10.3 Å². The Hall–Kier alpha value is -0.550. The van der Waals surface area contributed by atoms with Gasteiger partial charge >= 0.3 is 0 Å². The lowest BCUT2D eigenvalue weighted by Crippen LogP contribution is -2.30. The zero-order valence-electron chi connectivity index (χ0n) is 10.6.